The lowest BCUT2D eigenvalue weighted by atomic mass is 10.1. The van der Waals surface area contributed by atoms with Crippen LogP contribution in [0.2, 0.25) is 0 Å². The highest BCUT2D eigenvalue weighted by molar-refractivity contribution is 7.13. The number of nitrogens with one attached hydrogen (secondary N) is 1. The van der Waals surface area contributed by atoms with Crippen molar-refractivity contribution in [3.63, 3.8) is 0 Å². The Balaban J connectivity index is 2.01. The first kappa shape index (κ1) is 11.9. The first-order valence-corrected chi connectivity index (χ1v) is 6.45. The lowest BCUT2D eigenvalue weighted by Crippen LogP contribution is -1.96. The molecule has 2 rings (SSSR count). The van der Waals surface area contributed by atoms with Gasteiger partial charge in [-0.15, -0.1) is 11.3 Å². The van der Waals surface area contributed by atoms with E-state index in [0.29, 0.717) is 0 Å². The second-order valence-electron chi connectivity index (χ2n) is 3.71. The largest absolute Gasteiger partial charge is 0.496 e. The van der Waals surface area contributed by atoms with Gasteiger partial charge in [-0.2, -0.15) is 0 Å². The number of nitrogens with zero attached hydrogens (tertiary/aromatic N) is 1. The summed E-state index contributed by atoms with van der Waals surface area (Å²) in [6.07, 6.45) is 1.90. The second kappa shape index (κ2) is 5.68. The van der Waals surface area contributed by atoms with E-state index in [1.54, 1.807) is 18.4 Å². The number of hydrogen-bond donors (Lipinski definition) is 1. The monoisotopic (exact) mass is 248 g/mol. The Kier molecular flexibility index (Phi) is 3.98. The average Bonchev–Trinajstić information content (AvgIpc) is 2.84. The van der Waals surface area contributed by atoms with Crippen LogP contribution in [-0.2, 0) is 12.8 Å². The van der Waals surface area contributed by atoms with Crippen molar-refractivity contribution in [3.8, 4) is 5.75 Å². The lowest BCUT2D eigenvalue weighted by molar-refractivity contribution is 0.409. The van der Waals surface area contributed by atoms with E-state index in [1.807, 2.05) is 25.2 Å². The summed E-state index contributed by atoms with van der Waals surface area (Å²) < 4.78 is 5.33. The van der Waals surface area contributed by atoms with Crippen LogP contribution in [0.5, 0.6) is 5.75 Å². The molecule has 0 bridgehead atoms. The van der Waals surface area contributed by atoms with Crippen LogP contribution in [0.1, 0.15) is 11.3 Å². The van der Waals surface area contributed by atoms with Gasteiger partial charge in [-0.25, -0.2) is 4.98 Å². The molecule has 0 atom stereocenters. The Bertz CT molecular complexity index is 482. The summed E-state index contributed by atoms with van der Waals surface area (Å²) in [5.74, 6) is 0.955. The number of methoxy groups -OCH3 is 1. The topological polar surface area (TPSA) is 34.2 Å². The van der Waals surface area contributed by atoms with Crippen LogP contribution in [0.25, 0.3) is 0 Å². The van der Waals surface area contributed by atoms with Crippen LogP contribution in [0.3, 0.4) is 0 Å². The van der Waals surface area contributed by atoms with Crippen molar-refractivity contribution in [1.29, 1.82) is 0 Å². The van der Waals surface area contributed by atoms with E-state index in [4.69, 9.17) is 4.74 Å². The summed E-state index contributed by atoms with van der Waals surface area (Å²) in [6, 6.07) is 8.13. The number of aryl methyl sites for hydroxylation is 2. The minimum atomic E-state index is 0.943. The smallest absolute Gasteiger partial charge is 0.182 e. The second-order valence-corrected chi connectivity index (χ2v) is 4.56. The van der Waals surface area contributed by atoms with Crippen LogP contribution in [0.4, 0.5) is 5.13 Å². The Morgan fingerprint density at radius 2 is 2.12 bits per heavy atom. The molecule has 0 unspecified atom stereocenters. The molecule has 0 radical (unpaired) electrons. The third-order valence-corrected chi connectivity index (χ3v) is 3.52. The van der Waals surface area contributed by atoms with Crippen LogP contribution >= 0.6 is 11.3 Å². The van der Waals surface area contributed by atoms with Crippen LogP contribution in [0.15, 0.2) is 29.6 Å². The van der Waals surface area contributed by atoms with Gasteiger partial charge in [0.15, 0.2) is 5.13 Å². The van der Waals surface area contributed by atoms with Crippen molar-refractivity contribution in [2.24, 2.45) is 0 Å². The number of aromatic nitrogens is 1. The Morgan fingerprint density at radius 1 is 1.29 bits per heavy atom. The summed E-state index contributed by atoms with van der Waals surface area (Å²) in [5.41, 5.74) is 2.36. The molecule has 17 heavy (non-hydrogen) atoms. The van der Waals surface area contributed by atoms with Gasteiger partial charge in [-0.1, -0.05) is 18.2 Å². The molecule has 0 fully saturated rings. The lowest BCUT2D eigenvalue weighted by Gasteiger charge is -2.06. The number of ether oxygens (including phenoxy) is 1. The molecule has 0 saturated heterocycles. The summed E-state index contributed by atoms with van der Waals surface area (Å²) in [6.45, 7) is 0. The van der Waals surface area contributed by atoms with Gasteiger partial charge in [0.2, 0.25) is 0 Å². The summed E-state index contributed by atoms with van der Waals surface area (Å²) >= 11 is 1.64. The van der Waals surface area contributed by atoms with E-state index in [-0.39, 0.29) is 0 Å². The van der Waals surface area contributed by atoms with E-state index >= 15 is 0 Å². The maximum absolute atomic E-state index is 5.33. The van der Waals surface area contributed by atoms with Gasteiger partial charge >= 0.3 is 0 Å². The van der Waals surface area contributed by atoms with E-state index in [2.05, 4.69) is 21.7 Å². The summed E-state index contributed by atoms with van der Waals surface area (Å²) in [5, 5.41) is 6.12. The molecule has 0 saturated carbocycles. The fourth-order valence-electron chi connectivity index (χ4n) is 1.71. The number of hydrogen-bond acceptors (Lipinski definition) is 4. The molecule has 0 aliphatic heterocycles. The van der Waals surface area contributed by atoms with Gasteiger partial charge in [0.25, 0.3) is 0 Å². The first-order chi connectivity index (χ1) is 8.33. The van der Waals surface area contributed by atoms with Crippen LogP contribution in [0, 0.1) is 0 Å². The Morgan fingerprint density at radius 3 is 2.82 bits per heavy atom. The highest BCUT2D eigenvalue weighted by Gasteiger charge is 2.04. The van der Waals surface area contributed by atoms with E-state index < -0.39 is 0 Å². The Labute approximate surface area is 105 Å². The van der Waals surface area contributed by atoms with E-state index in [9.17, 15) is 0 Å². The van der Waals surface area contributed by atoms with Gasteiger partial charge in [0, 0.05) is 12.4 Å². The van der Waals surface area contributed by atoms with Crippen molar-refractivity contribution >= 4 is 16.5 Å². The number of rotatable bonds is 5. The Hall–Kier alpha value is -1.55. The molecular formula is C13H16N2OS. The van der Waals surface area contributed by atoms with Gasteiger partial charge < -0.3 is 10.1 Å². The molecule has 0 spiro atoms. The summed E-state index contributed by atoms with van der Waals surface area (Å²) in [4.78, 5) is 4.47. The molecule has 2 aromatic rings. The maximum atomic E-state index is 5.33. The summed E-state index contributed by atoms with van der Waals surface area (Å²) in [7, 11) is 3.60. The normalized spacial score (nSPS) is 10.2. The zero-order chi connectivity index (χ0) is 12.1. The number of anilines is 1. The van der Waals surface area contributed by atoms with Crippen LogP contribution in [-0.4, -0.2) is 19.1 Å². The molecule has 3 nitrogen and oxygen atoms in total. The number of para-hydroxylation sites is 1. The molecule has 4 heteroatoms. The van der Waals surface area contributed by atoms with Crippen LogP contribution < -0.4 is 10.1 Å². The zero-order valence-corrected chi connectivity index (χ0v) is 10.9. The van der Waals surface area contributed by atoms with E-state index in [1.165, 1.54) is 5.56 Å². The van der Waals surface area contributed by atoms with Gasteiger partial charge in [-0.05, 0) is 24.5 Å². The third kappa shape index (κ3) is 2.97. The van der Waals surface area contributed by atoms with Gasteiger partial charge in [-0.3, -0.25) is 0 Å². The van der Waals surface area contributed by atoms with Crippen molar-refractivity contribution in [2.45, 2.75) is 12.8 Å². The molecule has 0 amide bonds. The molecule has 1 heterocycles. The first-order valence-electron chi connectivity index (χ1n) is 5.57. The standard InChI is InChI=1S/C13H16N2OS/c1-14-13-15-11(9-17-13)8-7-10-5-3-4-6-12(10)16-2/h3-6,9H,7-8H2,1-2H3,(H,14,15). The molecule has 1 aromatic heterocycles. The van der Waals surface area contributed by atoms with Crippen molar-refractivity contribution < 1.29 is 4.74 Å². The van der Waals surface area contributed by atoms with Crippen molar-refractivity contribution in [3.05, 3.63) is 40.9 Å². The molecule has 1 N–H and O–H groups in total. The van der Waals surface area contributed by atoms with Crippen molar-refractivity contribution in [1.82, 2.24) is 4.98 Å². The van der Waals surface area contributed by atoms with Gasteiger partial charge in [0.1, 0.15) is 5.75 Å². The quantitative estimate of drug-likeness (QED) is 0.883. The highest BCUT2D eigenvalue weighted by atomic mass is 32.1. The SMILES string of the molecule is CNc1nc(CCc2ccccc2OC)cs1. The fourth-order valence-corrected chi connectivity index (χ4v) is 2.41. The molecule has 0 aliphatic rings. The average molecular weight is 248 g/mol. The third-order valence-electron chi connectivity index (χ3n) is 2.61. The minimum Gasteiger partial charge on any atom is -0.496 e. The number of benzene rings is 1. The number of thiazole rings is 1. The molecule has 90 valence electrons. The van der Waals surface area contributed by atoms with Crippen molar-refractivity contribution in [2.75, 3.05) is 19.5 Å². The maximum Gasteiger partial charge on any atom is 0.182 e. The zero-order valence-electron chi connectivity index (χ0n) is 10.1. The van der Waals surface area contributed by atoms with Gasteiger partial charge in [0.05, 0.1) is 12.8 Å². The molecule has 0 aliphatic carbocycles. The predicted octanol–water partition coefficient (Wildman–Crippen LogP) is 2.98. The predicted molar refractivity (Wildman–Crippen MR) is 72.1 cm³/mol. The minimum absolute atomic E-state index is 0.943. The molecule has 1 aromatic carbocycles. The highest BCUT2D eigenvalue weighted by Crippen LogP contribution is 2.21. The fraction of sp³-hybridized carbons (Fsp3) is 0.308. The van der Waals surface area contributed by atoms with E-state index in [0.717, 1.165) is 29.4 Å². The molecular weight excluding hydrogens is 232 g/mol.